The topological polar surface area (TPSA) is 112 Å². The fourth-order valence-electron chi connectivity index (χ4n) is 2.72. The number of nitrogens with zero attached hydrogens (tertiary/aromatic N) is 3. The number of aliphatic imine (C=N–C) groups is 1. The summed E-state index contributed by atoms with van der Waals surface area (Å²) in [7, 11) is 0. The van der Waals surface area contributed by atoms with Crippen molar-refractivity contribution < 1.29 is 9.72 Å². The normalized spacial score (nSPS) is 14.2. The molecule has 1 aromatic rings. The van der Waals surface area contributed by atoms with E-state index in [1.807, 2.05) is 11.8 Å². The molecule has 1 aliphatic heterocycles. The van der Waals surface area contributed by atoms with Gasteiger partial charge >= 0.3 is 0 Å². The summed E-state index contributed by atoms with van der Waals surface area (Å²) in [4.78, 5) is 28.8. The summed E-state index contributed by atoms with van der Waals surface area (Å²) in [5.41, 5.74) is 0.523. The lowest BCUT2D eigenvalue weighted by atomic mass is 10.2. The maximum atomic E-state index is 12.1. The Hall–Kier alpha value is -2.84. The predicted molar refractivity (Wildman–Crippen MR) is 101 cm³/mol. The van der Waals surface area contributed by atoms with Crippen molar-refractivity contribution in [3.05, 3.63) is 34.4 Å². The lowest BCUT2D eigenvalue weighted by molar-refractivity contribution is -0.384. The van der Waals surface area contributed by atoms with Gasteiger partial charge in [-0.15, -0.1) is 0 Å². The molecule has 1 amide bonds. The molecule has 1 saturated heterocycles. The van der Waals surface area contributed by atoms with Gasteiger partial charge in [-0.05, 0) is 25.8 Å². The van der Waals surface area contributed by atoms with Gasteiger partial charge in [0, 0.05) is 38.8 Å². The number of guanidine groups is 1. The van der Waals surface area contributed by atoms with Gasteiger partial charge in [0.15, 0.2) is 5.96 Å². The first kappa shape index (κ1) is 19.5. The number of nitro benzene ring substituents is 1. The Morgan fingerprint density at radius 2 is 1.96 bits per heavy atom. The first-order valence-electron chi connectivity index (χ1n) is 8.89. The summed E-state index contributed by atoms with van der Waals surface area (Å²) in [6.07, 6.45) is 2.12. The van der Waals surface area contributed by atoms with Gasteiger partial charge in [0.05, 0.1) is 4.92 Å². The van der Waals surface area contributed by atoms with Crippen molar-refractivity contribution >= 4 is 23.2 Å². The third kappa shape index (κ3) is 5.91. The van der Waals surface area contributed by atoms with E-state index in [9.17, 15) is 14.9 Å². The Bertz CT molecular complexity index is 643. The minimum absolute atomic E-state index is 0.0396. The molecule has 0 bridgehead atoms. The fraction of sp³-hybridized carbons (Fsp3) is 0.529. The molecule has 9 heteroatoms. The highest BCUT2D eigenvalue weighted by Crippen LogP contribution is 2.22. The second-order valence-electron chi connectivity index (χ2n) is 5.91. The molecule has 2 rings (SSSR count). The van der Waals surface area contributed by atoms with Crippen LogP contribution in [0.1, 0.15) is 19.8 Å². The quantitative estimate of drug-likeness (QED) is 0.210. The van der Waals surface area contributed by atoms with Gasteiger partial charge in [-0.25, -0.2) is 4.99 Å². The summed E-state index contributed by atoms with van der Waals surface area (Å²) in [5.74, 6) is 0.599. The SMILES string of the molecule is CCNC(=NCC(=O)N1CCCC1)NCCNc1ccccc1[N+](=O)[O-]. The van der Waals surface area contributed by atoms with Crippen molar-refractivity contribution in [3.63, 3.8) is 0 Å². The van der Waals surface area contributed by atoms with Crippen molar-refractivity contribution in [2.24, 2.45) is 4.99 Å². The van der Waals surface area contributed by atoms with Gasteiger partial charge in [0.25, 0.3) is 5.69 Å². The Morgan fingerprint density at radius 1 is 1.23 bits per heavy atom. The summed E-state index contributed by atoms with van der Waals surface area (Å²) < 4.78 is 0. The highest BCUT2D eigenvalue weighted by Gasteiger charge is 2.17. The number of carbonyl (C=O) groups is 1. The molecule has 3 N–H and O–H groups in total. The Balaban J connectivity index is 1.80. The van der Waals surface area contributed by atoms with Crippen molar-refractivity contribution in [1.29, 1.82) is 0 Å². The molecule has 142 valence electrons. The number of likely N-dealkylation sites (tertiary alicyclic amines) is 1. The highest BCUT2D eigenvalue weighted by atomic mass is 16.6. The molecule has 9 nitrogen and oxygen atoms in total. The van der Waals surface area contributed by atoms with Crippen LogP contribution >= 0.6 is 0 Å². The van der Waals surface area contributed by atoms with E-state index >= 15 is 0 Å². The minimum Gasteiger partial charge on any atom is -0.378 e. The van der Waals surface area contributed by atoms with Crippen LogP contribution in [0.5, 0.6) is 0 Å². The number of carbonyl (C=O) groups excluding carboxylic acids is 1. The van der Waals surface area contributed by atoms with Crippen LogP contribution < -0.4 is 16.0 Å². The predicted octanol–water partition coefficient (Wildman–Crippen LogP) is 1.18. The average molecular weight is 362 g/mol. The van der Waals surface area contributed by atoms with Gasteiger partial charge in [0.1, 0.15) is 12.2 Å². The van der Waals surface area contributed by atoms with Crippen LogP contribution in [-0.4, -0.2) is 61.0 Å². The smallest absolute Gasteiger partial charge is 0.292 e. The monoisotopic (exact) mass is 362 g/mol. The van der Waals surface area contributed by atoms with Crippen LogP contribution in [0, 0.1) is 10.1 Å². The first-order chi connectivity index (χ1) is 12.6. The molecule has 1 aromatic carbocycles. The Labute approximate surface area is 153 Å². The molecule has 0 aliphatic carbocycles. The third-order valence-electron chi connectivity index (χ3n) is 4.01. The number of hydrogen-bond donors (Lipinski definition) is 3. The van der Waals surface area contributed by atoms with Crippen LogP contribution in [0.3, 0.4) is 0 Å². The largest absolute Gasteiger partial charge is 0.378 e. The van der Waals surface area contributed by atoms with Crippen LogP contribution in [0.15, 0.2) is 29.3 Å². The summed E-state index contributed by atoms with van der Waals surface area (Å²) in [5, 5.41) is 20.2. The van der Waals surface area contributed by atoms with Crippen molar-refractivity contribution in [1.82, 2.24) is 15.5 Å². The Kier molecular flexibility index (Phi) is 7.66. The van der Waals surface area contributed by atoms with Crippen LogP contribution in [0.4, 0.5) is 11.4 Å². The van der Waals surface area contributed by atoms with Crippen molar-refractivity contribution in [2.75, 3.05) is 44.6 Å². The van der Waals surface area contributed by atoms with Gasteiger partial charge < -0.3 is 20.9 Å². The lowest BCUT2D eigenvalue weighted by Crippen LogP contribution is -2.40. The number of anilines is 1. The zero-order valence-electron chi connectivity index (χ0n) is 15.0. The molecule has 26 heavy (non-hydrogen) atoms. The van der Waals surface area contributed by atoms with E-state index in [1.54, 1.807) is 18.2 Å². The van der Waals surface area contributed by atoms with Crippen LogP contribution in [-0.2, 0) is 4.79 Å². The fourth-order valence-corrected chi connectivity index (χ4v) is 2.72. The zero-order chi connectivity index (χ0) is 18.8. The zero-order valence-corrected chi connectivity index (χ0v) is 15.0. The van der Waals surface area contributed by atoms with Gasteiger partial charge in [-0.1, -0.05) is 12.1 Å². The molecule has 0 saturated carbocycles. The van der Waals surface area contributed by atoms with Crippen LogP contribution in [0.25, 0.3) is 0 Å². The Morgan fingerprint density at radius 3 is 2.65 bits per heavy atom. The molecule has 0 spiro atoms. The number of nitrogens with one attached hydrogen (secondary N) is 3. The van der Waals surface area contributed by atoms with E-state index in [1.165, 1.54) is 6.07 Å². The molecule has 1 heterocycles. The van der Waals surface area contributed by atoms with Gasteiger partial charge in [-0.3, -0.25) is 14.9 Å². The van der Waals surface area contributed by atoms with Gasteiger partial charge in [0.2, 0.25) is 5.91 Å². The molecule has 1 aliphatic rings. The first-order valence-corrected chi connectivity index (χ1v) is 8.89. The minimum atomic E-state index is -0.411. The van der Waals surface area contributed by atoms with Gasteiger partial charge in [-0.2, -0.15) is 0 Å². The molecule has 0 radical (unpaired) electrons. The van der Waals surface area contributed by atoms with E-state index in [-0.39, 0.29) is 18.1 Å². The maximum absolute atomic E-state index is 12.1. The maximum Gasteiger partial charge on any atom is 0.292 e. The van der Waals surface area contributed by atoms with E-state index in [0.717, 1.165) is 25.9 Å². The number of nitro groups is 1. The van der Waals surface area contributed by atoms with Crippen LogP contribution in [0.2, 0.25) is 0 Å². The van der Waals surface area contributed by atoms with E-state index < -0.39 is 4.92 Å². The molecular weight excluding hydrogens is 336 g/mol. The number of amides is 1. The molecule has 0 unspecified atom stereocenters. The third-order valence-corrected chi connectivity index (χ3v) is 4.01. The second kappa shape index (κ2) is 10.2. The van der Waals surface area contributed by atoms with E-state index in [4.69, 9.17) is 0 Å². The highest BCUT2D eigenvalue weighted by molar-refractivity contribution is 5.85. The number of rotatable bonds is 8. The molecule has 0 atom stereocenters. The summed E-state index contributed by atoms with van der Waals surface area (Å²) in [6, 6.07) is 6.52. The number of hydrogen-bond acceptors (Lipinski definition) is 5. The van der Waals surface area contributed by atoms with E-state index in [0.29, 0.717) is 31.3 Å². The van der Waals surface area contributed by atoms with E-state index in [2.05, 4.69) is 20.9 Å². The van der Waals surface area contributed by atoms with Crippen molar-refractivity contribution in [2.45, 2.75) is 19.8 Å². The lowest BCUT2D eigenvalue weighted by Gasteiger charge is -2.15. The molecular formula is C17H26N6O3. The summed E-state index contributed by atoms with van der Waals surface area (Å²) in [6.45, 7) is 5.38. The van der Waals surface area contributed by atoms with Crippen molar-refractivity contribution in [3.8, 4) is 0 Å². The number of para-hydroxylation sites is 2. The summed E-state index contributed by atoms with van der Waals surface area (Å²) >= 11 is 0. The standard InChI is InChI=1S/C17H26N6O3/c1-2-18-17(21-13-16(24)22-11-5-6-12-22)20-10-9-19-14-7-3-4-8-15(14)23(25)26/h3-4,7-8,19H,2,5-6,9-13H2,1H3,(H2,18,20,21). The molecule has 0 aromatic heterocycles. The number of benzene rings is 1. The molecule has 1 fully saturated rings. The second-order valence-corrected chi connectivity index (χ2v) is 5.91. The average Bonchev–Trinajstić information content (AvgIpc) is 3.18.